The molecular formula is C15H18F3N7O4. The molecule has 0 aliphatic rings. The van der Waals surface area contributed by atoms with E-state index in [4.69, 9.17) is 0 Å². The maximum atomic E-state index is 13.0. The molecule has 0 unspecified atom stereocenters. The molecule has 0 saturated heterocycles. The Morgan fingerprint density at radius 1 is 1.31 bits per heavy atom. The number of amides is 2. The van der Waals surface area contributed by atoms with Gasteiger partial charge in [-0.3, -0.25) is 29.1 Å². The van der Waals surface area contributed by atoms with E-state index in [1.807, 2.05) is 0 Å². The Bertz CT molecular complexity index is 962. The standard InChI is InChI=1S/C15H18F3N7O4/c1-5-23-12(14(27)22(3)4)9(6-19-23)20-10(26)7-24-8(2)11(25(28)29)13(21-24)15(16,17)18/h6H,5,7H2,1-4H3,(H,20,26). The molecule has 1 N–H and O–H groups in total. The third-order valence-electron chi connectivity index (χ3n) is 3.94. The first kappa shape index (κ1) is 21.8. The van der Waals surface area contributed by atoms with Crippen LogP contribution in [0.2, 0.25) is 0 Å². The quantitative estimate of drug-likeness (QED) is 0.563. The molecule has 0 fully saturated rings. The van der Waals surface area contributed by atoms with Gasteiger partial charge in [0, 0.05) is 20.6 Å². The summed E-state index contributed by atoms with van der Waals surface area (Å²) in [5.41, 5.74) is -3.18. The van der Waals surface area contributed by atoms with Gasteiger partial charge < -0.3 is 10.2 Å². The van der Waals surface area contributed by atoms with Gasteiger partial charge in [0.05, 0.1) is 16.8 Å². The molecule has 0 saturated carbocycles. The number of aryl methyl sites for hydroxylation is 1. The molecule has 0 atom stereocenters. The third-order valence-corrected chi connectivity index (χ3v) is 3.94. The number of nitrogens with one attached hydrogen (secondary N) is 1. The Balaban J connectivity index is 2.33. The number of hydrogen-bond acceptors (Lipinski definition) is 6. The van der Waals surface area contributed by atoms with Crippen molar-refractivity contribution in [2.45, 2.75) is 33.1 Å². The van der Waals surface area contributed by atoms with Gasteiger partial charge in [0.15, 0.2) is 0 Å². The number of nitrogens with zero attached hydrogens (tertiary/aromatic N) is 6. The number of anilines is 1. The Morgan fingerprint density at radius 3 is 2.38 bits per heavy atom. The van der Waals surface area contributed by atoms with Crippen molar-refractivity contribution in [3.63, 3.8) is 0 Å². The second-order valence-electron chi connectivity index (χ2n) is 6.17. The van der Waals surface area contributed by atoms with E-state index < -0.39 is 46.5 Å². The SMILES string of the molecule is CCn1ncc(NC(=O)Cn2nc(C(F)(F)F)c([N+](=O)[O-])c2C)c1C(=O)N(C)C. The molecule has 2 aromatic rings. The molecule has 0 spiro atoms. The summed E-state index contributed by atoms with van der Waals surface area (Å²) in [5, 5.41) is 20.6. The van der Waals surface area contributed by atoms with Crippen LogP contribution in [0.4, 0.5) is 24.5 Å². The van der Waals surface area contributed by atoms with E-state index in [0.717, 1.165) is 6.92 Å². The Morgan fingerprint density at radius 2 is 1.93 bits per heavy atom. The van der Waals surface area contributed by atoms with Crippen molar-refractivity contribution in [1.82, 2.24) is 24.5 Å². The van der Waals surface area contributed by atoms with Crippen LogP contribution >= 0.6 is 0 Å². The normalized spacial score (nSPS) is 11.4. The van der Waals surface area contributed by atoms with Gasteiger partial charge in [0.2, 0.25) is 11.6 Å². The monoisotopic (exact) mass is 417 g/mol. The number of carbonyl (C=O) groups excluding carboxylic acids is 2. The summed E-state index contributed by atoms with van der Waals surface area (Å²) in [7, 11) is 3.01. The average Bonchev–Trinajstić information content (AvgIpc) is 3.15. The van der Waals surface area contributed by atoms with Crippen LogP contribution in [-0.4, -0.2) is 55.3 Å². The molecule has 11 nitrogen and oxygen atoms in total. The van der Waals surface area contributed by atoms with E-state index in [2.05, 4.69) is 15.5 Å². The number of nitro groups is 1. The number of rotatable bonds is 6. The smallest absolute Gasteiger partial charge is 0.343 e. The van der Waals surface area contributed by atoms with Crippen LogP contribution in [-0.2, 0) is 24.1 Å². The van der Waals surface area contributed by atoms with Gasteiger partial charge in [0.25, 0.3) is 5.91 Å². The molecule has 14 heteroatoms. The van der Waals surface area contributed by atoms with Gasteiger partial charge in [0.1, 0.15) is 17.9 Å². The van der Waals surface area contributed by atoms with E-state index in [0.29, 0.717) is 11.2 Å². The summed E-state index contributed by atoms with van der Waals surface area (Å²) in [6, 6.07) is 0. The van der Waals surface area contributed by atoms with Crippen molar-refractivity contribution in [3.8, 4) is 0 Å². The van der Waals surface area contributed by atoms with Gasteiger partial charge in [-0.25, -0.2) is 0 Å². The topological polar surface area (TPSA) is 128 Å². The minimum absolute atomic E-state index is 0.0610. The first-order chi connectivity index (χ1) is 13.4. The van der Waals surface area contributed by atoms with Crippen LogP contribution < -0.4 is 5.32 Å². The Hall–Kier alpha value is -3.45. The summed E-state index contributed by atoms with van der Waals surface area (Å²) < 4.78 is 41.0. The van der Waals surface area contributed by atoms with E-state index >= 15 is 0 Å². The van der Waals surface area contributed by atoms with Crippen LogP contribution in [0.1, 0.15) is 28.8 Å². The second-order valence-corrected chi connectivity index (χ2v) is 6.17. The lowest BCUT2D eigenvalue weighted by Crippen LogP contribution is -2.27. The minimum atomic E-state index is -5.05. The van der Waals surface area contributed by atoms with Gasteiger partial charge in [-0.2, -0.15) is 23.4 Å². The van der Waals surface area contributed by atoms with Crippen LogP contribution in [0.15, 0.2) is 6.20 Å². The lowest BCUT2D eigenvalue weighted by atomic mass is 10.3. The highest BCUT2D eigenvalue weighted by atomic mass is 19.4. The molecule has 0 aliphatic carbocycles. The largest absolute Gasteiger partial charge is 0.442 e. The van der Waals surface area contributed by atoms with Crippen LogP contribution in [0.5, 0.6) is 0 Å². The zero-order valence-corrected chi connectivity index (χ0v) is 15.9. The fourth-order valence-corrected chi connectivity index (χ4v) is 2.58. The molecular weight excluding hydrogens is 399 g/mol. The van der Waals surface area contributed by atoms with Gasteiger partial charge >= 0.3 is 11.9 Å². The van der Waals surface area contributed by atoms with Gasteiger partial charge in [-0.05, 0) is 13.8 Å². The van der Waals surface area contributed by atoms with Crippen LogP contribution in [0.25, 0.3) is 0 Å². The fourth-order valence-electron chi connectivity index (χ4n) is 2.58. The number of carbonyl (C=O) groups is 2. The van der Waals surface area contributed by atoms with E-state index in [9.17, 15) is 32.9 Å². The molecule has 0 radical (unpaired) electrons. The van der Waals surface area contributed by atoms with Crippen molar-refractivity contribution in [3.05, 3.63) is 33.4 Å². The molecule has 2 aromatic heterocycles. The van der Waals surface area contributed by atoms with Crippen molar-refractivity contribution in [1.29, 1.82) is 0 Å². The first-order valence-electron chi connectivity index (χ1n) is 8.24. The molecule has 2 amide bonds. The molecule has 0 bridgehead atoms. The number of hydrogen-bond donors (Lipinski definition) is 1. The maximum Gasteiger partial charge on any atom is 0.442 e. The lowest BCUT2D eigenvalue weighted by Gasteiger charge is -2.13. The van der Waals surface area contributed by atoms with Gasteiger partial charge in [-0.15, -0.1) is 0 Å². The van der Waals surface area contributed by atoms with Crippen molar-refractivity contribution in [2.24, 2.45) is 0 Å². The zero-order valence-electron chi connectivity index (χ0n) is 15.9. The molecule has 29 heavy (non-hydrogen) atoms. The van der Waals surface area contributed by atoms with E-state index in [1.165, 1.54) is 29.9 Å². The van der Waals surface area contributed by atoms with Crippen LogP contribution in [0.3, 0.4) is 0 Å². The first-order valence-corrected chi connectivity index (χ1v) is 8.24. The average molecular weight is 417 g/mol. The maximum absolute atomic E-state index is 13.0. The van der Waals surface area contributed by atoms with Crippen molar-refractivity contribution in [2.75, 3.05) is 19.4 Å². The molecule has 158 valence electrons. The number of aromatic nitrogens is 4. The van der Waals surface area contributed by atoms with E-state index in [-0.39, 0.29) is 11.4 Å². The lowest BCUT2D eigenvalue weighted by molar-refractivity contribution is -0.388. The van der Waals surface area contributed by atoms with Gasteiger partial charge in [-0.1, -0.05) is 0 Å². The zero-order chi connectivity index (χ0) is 22.1. The summed E-state index contributed by atoms with van der Waals surface area (Å²) in [4.78, 5) is 35.7. The molecule has 0 aliphatic heterocycles. The second kappa shape index (κ2) is 7.89. The summed E-state index contributed by atoms with van der Waals surface area (Å²) in [6.07, 6.45) is -3.82. The molecule has 0 aromatic carbocycles. The minimum Gasteiger partial charge on any atom is -0.343 e. The molecule has 2 rings (SSSR count). The summed E-state index contributed by atoms with van der Waals surface area (Å²) in [6.45, 7) is 2.40. The molecule has 2 heterocycles. The highest BCUT2D eigenvalue weighted by Gasteiger charge is 2.44. The van der Waals surface area contributed by atoms with Crippen molar-refractivity contribution < 1.29 is 27.7 Å². The number of alkyl halides is 3. The highest BCUT2D eigenvalue weighted by molar-refractivity contribution is 6.02. The Labute approximate surface area is 162 Å². The Kier molecular flexibility index (Phi) is 5.94. The highest BCUT2D eigenvalue weighted by Crippen LogP contribution is 2.36. The number of halogens is 3. The third kappa shape index (κ3) is 4.35. The summed E-state index contributed by atoms with van der Waals surface area (Å²) >= 11 is 0. The van der Waals surface area contributed by atoms with E-state index in [1.54, 1.807) is 6.92 Å². The summed E-state index contributed by atoms with van der Waals surface area (Å²) in [5.74, 6) is -1.27. The van der Waals surface area contributed by atoms with Crippen molar-refractivity contribution >= 4 is 23.2 Å². The predicted molar refractivity (Wildman–Crippen MR) is 93.2 cm³/mol. The predicted octanol–water partition coefficient (Wildman–Crippen LogP) is 1.68. The fraction of sp³-hybridized carbons (Fsp3) is 0.467. The van der Waals surface area contributed by atoms with Crippen LogP contribution in [0, 0.1) is 17.0 Å².